The van der Waals surface area contributed by atoms with E-state index in [-0.39, 0.29) is 40.8 Å². The number of benzene rings is 1. The maximum Gasteiger partial charge on any atom is 0.410 e. The lowest BCUT2D eigenvalue weighted by Gasteiger charge is -2.42. The van der Waals surface area contributed by atoms with Crippen LogP contribution in [-0.4, -0.2) is 106 Å². The third-order valence-electron chi connectivity index (χ3n) is 8.77. The van der Waals surface area contributed by atoms with Crippen molar-refractivity contribution in [1.82, 2.24) is 29.7 Å². The van der Waals surface area contributed by atoms with Crippen LogP contribution in [-0.2, 0) is 11.3 Å². The Kier molecular flexibility index (Phi) is 9.31. The maximum absolute atomic E-state index is 15.3. The zero-order valence-electron chi connectivity index (χ0n) is 26.6. The number of pyridine rings is 1. The fourth-order valence-electron chi connectivity index (χ4n) is 6.68. The quantitative estimate of drug-likeness (QED) is 0.307. The van der Waals surface area contributed by atoms with Crippen molar-refractivity contribution in [3.8, 4) is 6.01 Å². The van der Waals surface area contributed by atoms with Gasteiger partial charge in [-0.1, -0.05) is 48.9 Å². The predicted octanol–water partition coefficient (Wildman–Crippen LogP) is 5.24. The first kappa shape index (κ1) is 31.7. The molecule has 0 spiro atoms. The number of fused-ring (bicyclic) bond motifs is 3. The summed E-state index contributed by atoms with van der Waals surface area (Å²) in [6.07, 6.45) is 2.95. The Bertz CT molecular complexity index is 1490. The van der Waals surface area contributed by atoms with E-state index in [1.54, 1.807) is 0 Å². The van der Waals surface area contributed by atoms with E-state index in [0.29, 0.717) is 30.9 Å². The Hall–Kier alpha value is -3.28. The molecule has 2 bridgehead atoms. The molecular weight excluding hydrogens is 597 g/mol. The number of hydrogen-bond donors (Lipinski definition) is 0. The van der Waals surface area contributed by atoms with E-state index in [0.717, 1.165) is 52.1 Å². The van der Waals surface area contributed by atoms with Crippen LogP contribution >= 0.6 is 11.6 Å². The summed E-state index contributed by atoms with van der Waals surface area (Å²) in [6.45, 7) is 15.2. The minimum absolute atomic E-state index is 0.0359. The molecule has 3 aromatic rings. The van der Waals surface area contributed by atoms with Crippen LogP contribution < -0.4 is 9.64 Å². The molecule has 0 saturated carbocycles. The van der Waals surface area contributed by atoms with Crippen molar-refractivity contribution in [3.05, 3.63) is 53.1 Å². The van der Waals surface area contributed by atoms with Gasteiger partial charge in [0.25, 0.3) is 0 Å². The third kappa shape index (κ3) is 7.42. The summed E-state index contributed by atoms with van der Waals surface area (Å²) < 4.78 is 27.1. The molecule has 2 aromatic heterocycles. The van der Waals surface area contributed by atoms with E-state index >= 15 is 4.39 Å². The van der Waals surface area contributed by atoms with Gasteiger partial charge < -0.3 is 19.3 Å². The SMILES string of the molecule is CC(COc1nc(N2CC3CCC(C2)N3C(=O)OC(C)(C)C)c2cnc(Cl)c(F)c2n1)CN1CCN(Cc2ccccc2)CC1. The van der Waals surface area contributed by atoms with Crippen molar-refractivity contribution in [2.75, 3.05) is 57.3 Å². The minimum atomic E-state index is -0.695. The molecule has 1 aromatic carbocycles. The number of hydrogen-bond acceptors (Lipinski definition) is 9. The minimum Gasteiger partial charge on any atom is -0.463 e. The summed E-state index contributed by atoms with van der Waals surface area (Å²) in [5.74, 6) is 0.0629. The average molecular weight is 640 g/mol. The van der Waals surface area contributed by atoms with Crippen molar-refractivity contribution in [2.45, 2.75) is 64.8 Å². The van der Waals surface area contributed by atoms with Crippen molar-refractivity contribution < 1.29 is 18.7 Å². The molecule has 10 nitrogen and oxygen atoms in total. The monoisotopic (exact) mass is 639 g/mol. The highest BCUT2D eigenvalue weighted by Crippen LogP contribution is 2.37. The number of rotatable bonds is 8. The number of piperazine rings is 2. The Morgan fingerprint density at radius 1 is 1.04 bits per heavy atom. The molecule has 0 radical (unpaired) electrons. The molecule has 3 saturated heterocycles. The summed E-state index contributed by atoms with van der Waals surface area (Å²) in [6, 6.07) is 10.6. The Labute approximate surface area is 269 Å². The highest BCUT2D eigenvalue weighted by atomic mass is 35.5. The normalized spacial score (nSPS) is 21.7. The molecule has 242 valence electrons. The van der Waals surface area contributed by atoms with Crippen LogP contribution in [0.2, 0.25) is 5.15 Å². The van der Waals surface area contributed by atoms with Crippen molar-refractivity contribution >= 4 is 34.4 Å². The smallest absolute Gasteiger partial charge is 0.410 e. The zero-order chi connectivity index (χ0) is 31.7. The van der Waals surface area contributed by atoms with Gasteiger partial charge in [-0.3, -0.25) is 9.80 Å². The van der Waals surface area contributed by atoms with Gasteiger partial charge in [0.1, 0.15) is 16.9 Å². The Morgan fingerprint density at radius 3 is 2.38 bits per heavy atom. The molecule has 0 N–H and O–H groups in total. The zero-order valence-corrected chi connectivity index (χ0v) is 27.3. The van der Waals surface area contributed by atoms with Crippen molar-refractivity contribution in [1.29, 1.82) is 0 Å². The number of amides is 1. The fourth-order valence-corrected chi connectivity index (χ4v) is 6.81. The number of carbonyl (C=O) groups is 1. The summed E-state index contributed by atoms with van der Waals surface area (Å²) in [7, 11) is 0. The largest absolute Gasteiger partial charge is 0.463 e. The van der Waals surface area contributed by atoms with Gasteiger partial charge in [-0.25, -0.2) is 14.2 Å². The lowest BCUT2D eigenvalue weighted by atomic mass is 10.1. The van der Waals surface area contributed by atoms with E-state index < -0.39 is 11.4 Å². The van der Waals surface area contributed by atoms with E-state index in [9.17, 15) is 4.79 Å². The summed E-state index contributed by atoms with van der Waals surface area (Å²) in [5.41, 5.74) is 0.853. The highest BCUT2D eigenvalue weighted by molar-refractivity contribution is 6.30. The van der Waals surface area contributed by atoms with Crippen LogP contribution in [0.1, 0.15) is 46.1 Å². The molecule has 12 heteroatoms. The Balaban J connectivity index is 1.11. The van der Waals surface area contributed by atoms with Crippen LogP contribution in [0.4, 0.5) is 15.0 Å². The number of ether oxygens (including phenoxy) is 2. The summed E-state index contributed by atoms with van der Waals surface area (Å²) >= 11 is 6.06. The third-order valence-corrected chi connectivity index (χ3v) is 9.03. The lowest BCUT2D eigenvalue weighted by molar-refractivity contribution is 0.0122. The Morgan fingerprint density at radius 2 is 1.71 bits per heavy atom. The topological polar surface area (TPSA) is 87.2 Å². The van der Waals surface area contributed by atoms with Crippen molar-refractivity contribution in [2.24, 2.45) is 5.92 Å². The highest BCUT2D eigenvalue weighted by Gasteiger charge is 2.45. The van der Waals surface area contributed by atoms with Gasteiger partial charge in [0, 0.05) is 64.5 Å². The van der Waals surface area contributed by atoms with Gasteiger partial charge in [0.15, 0.2) is 11.0 Å². The predicted molar refractivity (Wildman–Crippen MR) is 172 cm³/mol. The molecule has 5 heterocycles. The molecule has 0 aliphatic carbocycles. The van der Waals surface area contributed by atoms with E-state index in [2.05, 4.69) is 61.9 Å². The molecular formula is C33H43ClFN7O3. The lowest BCUT2D eigenvalue weighted by Crippen LogP contribution is -2.57. The second-order valence-corrected chi connectivity index (χ2v) is 14.0. The van der Waals surface area contributed by atoms with Crippen LogP contribution in [0.25, 0.3) is 10.9 Å². The van der Waals surface area contributed by atoms with Gasteiger partial charge in [0.05, 0.1) is 24.1 Å². The van der Waals surface area contributed by atoms with E-state index in [1.165, 1.54) is 11.8 Å². The van der Waals surface area contributed by atoms with E-state index in [1.807, 2.05) is 25.7 Å². The standard InChI is InChI=1S/C33H43ClFN7O3/c1-22(17-39-12-14-40(15-13-39)18-23-8-6-5-7-9-23)21-44-31-37-28-26(16-36-29(34)27(28)35)30(38-31)41-19-24-10-11-25(20-41)42(24)32(43)45-33(2,3)4/h5-9,16,22,24-25H,10-15,17-21H2,1-4H3. The number of anilines is 1. The molecule has 3 fully saturated rings. The van der Waals surface area contributed by atoms with Gasteiger partial charge in [-0.15, -0.1) is 0 Å². The van der Waals surface area contributed by atoms with E-state index in [4.69, 9.17) is 26.1 Å². The molecule has 3 unspecified atom stereocenters. The maximum atomic E-state index is 15.3. The number of carbonyl (C=O) groups excluding carboxylic acids is 1. The molecule has 1 amide bonds. The number of halogens is 2. The molecule has 3 atom stereocenters. The van der Waals surface area contributed by atoms with Gasteiger partial charge in [-0.2, -0.15) is 9.97 Å². The van der Waals surface area contributed by atoms with Crippen LogP contribution in [0.5, 0.6) is 6.01 Å². The van der Waals surface area contributed by atoms with Gasteiger partial charge in [0.2, 0.25) is 0 Å². The molecule has 3 aliphatic rings. The van der Waals surface area contributed by atoms with Crippen LogP contribution in [0.3, 0.4) is 0 Å². The van der Waals surface area contributed by atoms with Gasteiger partial charge >= 0.3 is 12.1 Å². The summed E-state index contributed by atoms with van der Waals surface area (Å²) in [4.78, 5) is 35.2. The summed E-state index contributed by atoms with van der Waals surface area (Å²) in [5, 5.41) is 0.225. The van der Waals surface area contributed by atoms with Crippen LogP contribution in [0, 0.1) is 11.7 Å². The average Bonchev–Trinajstić information content (AvgIpc) is 3.28. The first-order chi connectivity index (χ1) is 21.5. The second kappa shape index (κ2) is 13.2. The van der Waals surface area contributed by atoms with Gasteiger partial charge in [-0.05, 0) is 39.2 Å². The number of aromatic nitrogens is 3. The van der Waals surface area contributed by atoms with Crippen molar-refractivity contribution in [3.63, 3.8) is 0 Å². The second-order valence-electron chi connectivity index (χ2n) is 13.6. The fraction of sp³-hybridized carbons (Fsp3) is 0.576. The molecule has 3 aliphatic heterocycles. The molecule has 45 heavy (non-hydrogen) atoms. The first-order valence-corrected chi connectivity index (χ1v) is 16.3. The van der Waals surface area contributed by atoms with Crippen LogP contribution in [0.15, 0.2) is 36.5 Å². The first-order valence-electron chi connectivity index (χ1n) is 15.9. The molecule has 6 rings (SSSR count). The number of nitrogens with zero attached hydrogens (tertiary/aromatic N) is 7.